The van der Waals surface area contributed by atoms with E-state index in [-0.39, 0.29) is 37.3 Å². The van der Waals surface area contributed by atoms with E-state index < -0.39 is 17.4 Å². The fourth-order valence-electron chi connectivity index (χ4n) is 4.38. The summed E-state index contributed by atoms with van der Waals surface area (Å²) in [5, 5.41) is 8.51. The second-order valence-corrected chi connectivity index (χ2v) is 9.33. The van der Waals surface area contributed by atoms with E-state index in [9.17, 15) is 19.2 Å². The molecule has 11 heteroatoms. The molecule has 3 aromatic rings. The van der Waals surface area contributed by atoms with Crippen LogP contribution in [0.15, 0.2) is 23.0 Å². The number of nitrogens with zero attached hydrogens (tertiary/aromatic N) is 1. The Morgan fingerprint density at radius 3 is 2.97 bits per heavy atom. The van der Waals surface area contributed by atoms with Crippen LogP contribution in [0, 0.1) is 12.3 Å². The molecule has 0 bridgehead atoms. The molecule has 2 aromatic heterocycles. The van der Waals surface area contributed by atoms with Gasteiger partial charge in [0.1, 0.15) is 10.6 Å². The first-order valence-corrected chi connectivity index (χ1v) is 11.9. The summed E-state index contributed by atoms with van der Waals surface area (Å²) < 4.78 is 5.33. The molecule has 0 fully saturated rings. The second kappa shape index (κ2) is 9.23. The molecule has 0 saturated carbocycles. The van der Waals surface area contributed by atoms with Crippen LogP contribution in [0.2, 0.25) is 0 Å². The maximum atomic E-state index is 13.0. The molecular formula is C24H21N5O5S. The number of hydrogen-bond acceptors (Lipinski definition) is 7. The molecule has 0 radical (unpaired) electrons. The average molecular weight is 492 g/mol. The minimum absolute atomic E-state index is 0.0347. The minimum Gasteiger partial charge on any atom is -0.482 e. The second-order valence-electron chi connectivity index (χ2n) is 8.25. The van der Waals surface area contributed by atoms with Crippen LogP contribution in [-0.2, 0) is 22.6 Å². The number of thiophene rings is 1. The highest BCUT2D eigenvalue weighted by Gasteiger charge is 2.32. The number of hydrogen-bond donors (Lipinski definition) is 4. The van der Waals surface area contributed by atoms with E-state index in [1.165, 1.54) is 11.3 Å². The summed E-state index contributed by atoms with van der Waals surface area (Å²) in [5.74, 6) is 1.36. The van der Waals surface area contributed by atoms with Crippen LogP contribution in [0.3, 0.4) is 0 Å². The van der Waals surface area contributed by atoms with E-state index >= 15 is 0 Å². The highest BCUT2D eigenvalue weighted by atomic mass is 32.1. The summed E-state index contributed by atoms with van der Waals surface area (Å²) >= 11 is 1.34. The molecule has 5 rings (SSSR count). The highest BCUT2D eigenvalue weighted by Crippen LogP contribution is 2.40. The minimum atomic E-state index is -0.545. The Morgan fingerprint density at radius 2 is 2.14 bits per heavy atom. The van der Waals surface area contributed by atoms with Crippen molar-refractivity contribution in [3.05, 3.63) is 50.4 Å². The van der Waals surface area contributed by atoms with Crippen molar-refractivity contribution in [3.8, 4) is 18.1 Å². The molecular weight excluding hydrogens is 470 g/mol. The van der Waals surface area contributed by atoms with Gasteiger partial charge < -0.3 is 25.7 Å². The van der Waals surface area contributed by atoms with E-state index in [0.717, 1.165) is 23.3 Å². The van der Waals surface area contributed by atoms with Gasteiger partial charge in [0.05, 0.1) is 23.5 Å². The first-order valence-electron chi connectivity index (χ1n) is 11.0. The molecule has 1 aromatic carbocycles. The Kier molecular flexibility index (Phi) is 5.96. The van der Waals surface area contributed by atoms with Gasteiger partial charge in [-0.1, -0.05) is 12.0 Å². The first kappa shape index (κ1) is 22.6. The van der Waals surface area contributed by atoms with Gasteiger partial charge in [-0.05, 0) is 42.5 Å². The zero-order valence-electron chi connectivity index (χ0n) is 18.5. The summed E-state index contributed by atoms with van der Waals surface area (Å²) in [7, 11) is 0. The van der Waals surface area contributed by atoms with Crippen LogP contribution in [0.1, 0.15) is 45.4 Å². The van der Waals surface area contributed by atoms with Crippen molar-refractivity contribution in [2.45, 2.75) is 31.7 Å². The summed E-state index contributed by atoms with van der Waals surface area (Å²) in [6.07, 6.45) is 7.42. The average Bonchev–Trinajstić information content (AvgIpc) is 3.24. The normalized spacial score (nSPS) is 16.3. The van der Waals surface area contributed by atoms with Crippen LogP contribution in [0.4, 0.5) is 5.69 Å². The summed E-state index contributed by atoms with van der Waals surface area (Å²) in [6, 6.07) is 5.20. The number of carbonyl (C=O) groups excluding carboxylic acids is 3. The predicted octanol–water partition coefficient (Wildman–Crippen LogP) is 1.41. The summed E-state index contributed by atoms with van der Waals surface area (Å²) in [6.45, 7) is 0.241. The number of terminal acetylenes is 1. The molecule has 1 atom stereocenters. The maximum Gasteiger partial charge on any atom is 0.287 e. The maximum absolute atomic E-state index is 13.0. The van der Waals surface area contributed by atoms with E-state index in [4.69, 9.17) is 11.2 Å². The number of aryl methyl sites for hydroxylation is 1. The highest BCUT2D eigenvalue weighted by molar-refractivity contribution is 7.18. The van der Waals surface area contributed by atoms with Gasteiger partial charge in [0.25, 0.3) is 17.4 Å². The van der Waals surface area contributed by atoms with Gasteiger partial charge in [-0.2, -0.15) is 0 Å². The van der Waals surface area contributed by atoms with E-state index in [0.29, 0.717) is 33.6 Å². The predicted molar refractivity (Wildman–Crippen MR) is 129 cm³/mol. The number of ether oxygens (including phenoxy) is 1. The van der Waals surface area contributed by atoms with Crippen molar-refractivity contribution in [1.29, 1.82) is 0 Å². The summed E-state index contributed by atoms with van der Waals surface area (Å²) in [4.78, 5) is 58.3. The third kappa shape index (κ3) is 4.36. The van der Waals surface area contributed by atoms with Gasteiger partial charge in [-0.3, -0.25) is 19.2 Å². The zero-order valence-corrected chi connectivity index (χ0v) is 19.3. The third-order valence-electron chi connectivity index (χ3n) is 5.95. The lowest BCUT2D eigenvalue weighted by molar-refractivity contribution is -0.122. The third-order valence-corrected chi connectivity index (χ3v) is 7.11. The van der Waals surface area contributed by atoms with Crippen molar-refractivity contribution in [3.63, 3.8) is 0 Å². The van der Waals surface area contributed by atoms with Crippen LogP contribution >= 0.6 is 11.3 Å². The molecule has 10 nitrogen and oxygen atoms in total. The van der Waals surface area contributed by atoms with Gasteiger partial charge in [0.2, 0.25) is 11.7 Å². The number of H-pyrrole nitrogens is 1. The fourth-order valence-corrected chi connectivity index (χ4v) is 5.65. The number of anilines is 1. The monoisotopic (exact) mass is 491 g/mol. The van der Waals surface area contributed by atoms with Crippen LogP contribution in [-0.4, -0.2) is 40.8 Å². The van der Waals surface area contributed by atoms with Gasteiger partial charge in [0, 0.05) is 11.4 Å². The number of aromatic amines is 1. The first-order chi connectivity index (χ1) is 16.9. The number of carbonyl (C=O) groups is 3. The molecule has 0 spiro atoms. The molecule has 4 N–H and O–H groups in total. The number of benzene rings is 1. The number of aromatic nitrogens is 2. The largest absolute Gasteiger partial charge is 0.482 e. The summed E-state index contributed by atoms with van der Waals surface area (Å²) in [5.41, 5.74) is 1.50. The smallest absolute Gasteiger partial charge is 0.287 e. The molecule has 3 heterocycles. The number of amides is 3. The molecule has 3 amide bonds. The lowest BCUT2D eigenvalue weighted by Crippen LogP contribution is -2.32. The SMILES string of the molecule is C#CCNC(=O)C1CCCc2sc3nc(C(=O)NCc4ccc5c(c4)NC(=O)CO5)[nH]c(=O)c3c21. The van der Waals surface area contributed by atoms with E-state index in [1.807, 2.05) is 0 Å². The van der Waals surface area contributed by atoms with E-state index in [1.54, 1.807) is 18.2 Å². The van der Waals surface area contributed by atoms with Crippen LogP contribution in [0.5, 0.6) is 5.75 Å². The topological polar surface area (TPSA) is 142 Å². The molecule has 1 aliphatic carbocycles. The van der Waals surface area contributed by atoms with Crippen LogP contribution < -0.4 is 26.2 Å². The van der Waals surface area contributed by atoms with Crippen molar-refractivity contribution in [2.24, 2.45) is 0 Å². The van der Waals surface area contributed by atoms with Gasteiger partial charge >= 0.3 is 0 Å². The lowest BCUT2D eigenvalue weighted by atomic mass is 9.85. The number of fused-ring (bicyclic) bond motifs is 4. The molecule has 1 unspecified atom stereocenters. The Bertz CT molecular complexity index is 1470. The Morgan fingerprint density at radius 1 is 1.29 bits per heavy atom. The van der Waals surface area contributed by atoms with Crippen molar-refractivity contribution < 1.29 is 19.1 Å². The Hall–Kier alpha value is -4.17. The molecule has 35 heavy (non-hydrogen) atoms. The van der Waals surface area contributed by atoms with Crippen molar-refractivity contribution in [2.75, 3.05) is 18.5 Å². The molecule has 1 aliphatic heterocycles. The Balaban J connectivity index is 1.37. The molecule has 0 saturated heterocycles. The fraction of sp³-hybridized carbons (Fsp3) is 0.292. The zero-order chi connectivity index (χ0) is 24.5. The Labute approximate surface area is 203 Å². The number of nitrogens with one attached hydrogen (secondary N) is 4. The van der Waals surface area contributed by atoms with Gasteiger partial charge in [-0.15, -0.1) is 17.8 Å². The van der Waals surface area contributed by atoms with Crippen LogP contribution in [0.25, 0.3) is 10.2 Å². The van der Waals surface area contributed by atoms with Gasteiger partial charge in [0.15, 0.2) is 6.61 Å². The van der Waals surface area contributed by atoms with Crippen molar-refractivity contribution in [1.82, 2.24) is 20.6 Å². The van der Waals surface area contributed by atoms with Gasteiger partial charge in [-0.25, -0.2) is 4.98 Å². The van der Waals surface area contributed by atoms with E-state index in [2.05, 4.69) is 31.8 Å². The number of rotatable bonds is 5. The molecule has 178 valence electrons. The van der Waals surface area contributed by atoms with Crippen molar-refractivity contribution >= 4 is 45.0 Å². The quantitative estimate of drug-likeness (QED) is 0.398. The lowest BCUT2D eigenvalue weighted by Gasteiger charge is -2.21. The standard InChI is InChI=1S/C24H21N5O5S/c1-2-8-25-21(31)13-4-3-5-16-18(13)19-22(32)28-20(29-24(19)35-16)23(33)26-10-12-6-7-15-14(9-12)27-17(30)11-34-15/h1,6-7,9,13H,3-5,8,10-11H2,(H,25,31)(H,26,33)(H,27,30)(H,28,29,32). The molecule has 2 aliphatic rings.